The van der Waals surface area contributed by atoms with Gasteiger partial charge in [-0.25, -0.2) is 32.5 Å². The summed E-state index contributed by atoms with van der Waals surface area (Å²) >= 11 is 0.753. The van der Waals surface area contributed by atoms with Crippen molar-refractivity contribution in [2.45, 2.75) is 43.6 Å². The van der Waals surface area contributed by atoms with Crippen molar-refractivity contribution in [3.05, 3.63) is 65.3 Å². The number of amides is 1. The van der Waals surface area contributed by atoms with Gasteiger partial charge in [0.05, 0.1) is 28.4 Å². The Labute approximate surface area is 211 Å². The molecule has 2 aliphatic rings. The molecular formula is C23H20F4N6O3S. The zero-order chi connectivity index (χ0) is 26.5. The maximum atomic E-state index is 15.0. The smallest absolute Gasteiger partial charge is 0.276 e. The van der Waals surface area contributed by atoms with Gasteiger partial charge in [-0.1, -0.05) is 11.8 Å². The number of carbonyl (C=O) groups excluding carboxylic acids is 1. The number of rotatable bonds is 7. The SMILES string of the molecule is Cc1nc(OCc2ncco2)cnc1C(=O)Nc1cc(F)c(F)c([C@]2(C)N=C(N)S[C@@]3(C(F)F)C[C@@H]23)c1. The molecule has 194 valence electrons. The van der Waals surface area contributed by atoms with Gasteiger partial charge in [-0.05, 0) is 26.3 Å². The van der Waals surface area contributed by atoms with Gasteiger partial charge in [0, 0.05) is 23.2 Å². The van der Waals surface area contributed by atoms with Crippen LogP contribution in [0.15, 0.2) is 40.2 Å². The second kappa shape index (κ2) is 9.01. The van der Waals surface area contributed by atoms with Gasteiger partial charge in [-0.15, -0.1) is 0 Å². The second-order valence-electron chi connectivity index (χ2n) is 8.84. The summed E-state index contributed by atoms with van der Waals surface area (Å²) in [4.78, 5) is 29.2. The number of nitrogens with two attached hydrogens (primary N) is 1. The molecule has 14 heteroatoms. The molecule has 3 N–H and O–H groups in total. The van der Waals surface area contributed by atoms with E-state index in [0.717, 1.165) is 17.8 Å². The number of aromatic nitrogens is 3. The molecule has 1 fully saturated rings. The molecule has 37 heavy (non-hydrogen) atoms. The van der Waals surface area contributed by atoms with Crippen LogP contribution in [0.25, 0.3) is 0 Å². The second-order valence-corrected chi connectivity index (χ2v) is 10.2. The van der Waals surface area contributed by atoms with E-state index in [1.807, 2.05) is 0 Å². The number of fused-ring (bicyclic) bond motifs is 1. The number of halogens is 4. The average molecular weight is 537 g/mol. The molecular weight excluding hydrogens is 516 g/mol. The van der Waals surface area contributed by atoms with Gasteiger partial charge >= 0.3 is 0 Å². The van der Waals surface area contributed by atoms with E-state index in [-0.39, 0.29) is 46.7 Å². The number of anilines is 1. The fraction of sp³-hybridized carbons (Fsp3) is 0.348. The van der Waals surface area contributed by atoms with Gasteiger partial charge in [0.2, 0.25) is 11.8 Å². The first kappa shape index (κ1) is 25.0. The van der Waals surface area contributed by atoms with Gasteiger partial charge in [0.25, 0.3) is 12.3 Å². The number of hydrogen-bond donors (Lipinski definition) is 2. The quantitative estimate of drug-likeness (QED) is 0.431. The average Bonchev–Trinajstić information content (AvgIpc) is 3.37. The van der Waals surface area contributed by atoms with Crippen LogP contribution < -0.4 is 15.8 Å². The minimum atomic E-state index is -2.73. The van der Waals surface area contributed by atoms with E-state index in [9.17, 15) is 22.4 Å². The summed E-state index contributed by atoms with van der Waals surface area (Å²) in [5.41, 5.74) is 3.99. The van der Waals surface area contributed by atoms with Gasteiger partial charge in [0.15, 0.2) is 23.4 Å². The maximum absolute atomic E-state index is 15.0. The standard InChI is InChI=1S/C23H20F4N6O3S/c1-10-18(30-8-15(31-10)36-9-16-29-3-4-35-16)19(34)32-11-5-12(17(25)13(24)6-11)22(2)14-7-23(14,20(26)27)37-21(28)33-22/h3-6,8,14,20H,7,9H2,1-2H3,(H2,28,33)(H,32,34)/t14-,22-,23-/m0/s1. The van der Waals surface area contributed by atoms with E-state index in [2.05, 4.69) is 25.3 Å². The number of amidine groups is 1. The third-order valence-electron chi connectivity index (χ3n) is 6.44. The lowest BCUT2D eigenvalue weighted by Gasteiger charge is -2.34. The zero-order valence-electron chi connectivity index (χ0n) is 19.5. The number of hydrogen-bond acceptors (Lipinski definition) is 9. The molecule has 5 rings (SSSR count). The van der Waals surface area contributed by atoms with Crippen LogP contribution >= 0.6 is 11.8 Å². The molecule has 1 aliphatic heterocycles. The largest absolute Gasteiger partial charge is 0.467 e. The number of oxazole rings is 1. The molecule has 3 atom stereocenters. The number of aryl methyl sites for hydroxylation is 1. The van der Waals surface area contributed by atoms with E-state index in [1.165, 1.54) is 38.6 Å². The highest BCUT2D eigenvalue weighted by molar-refractivity contribution is 8.15. The first-order valence-electron chi connectivity index (χ1n) is 11.0. The number of carbonyl (C=O) groups is 1. The van der Waals surface area contributed by atoms with E-state index in [1.54, 1.807) is 0 Å². The summed E-state index contributed by atoms with van der Waals surface area (Å²) in [6, 6.07) is 1.96. The Morgan fingerprint density at radius 2 is 2.14 bits per heavy atom. The van der Waals surface area contributed by atoms with Crippen LogP contribution in [0.1, 0.15) is 41.0 Å². The minimum absolute atomic E-state index is 0.00239. The molecule has 9 nitrogen and oxygen atoms in total. The van der Waals surface area contributed by atoms with Gasteiger partial charge in [-0.3, -0.25) is 9.79 Å². The van der Waals surface area contributed by atoms with Crippen molar-refractivity contribution in [2.75, 3.05) is 5.32 Å². The first-order chi connectivity index (χ1) is 17.5. The number of thioether (sulfide) groups is 1. The number of nitrogens with one attached hydrogen (secondary N) is 1. The van der Waals surface area contributed by atoms with Crippen LogP contribution in [0.2, 0.25) is 0 Å². The first-order valence-corrected chi connectivity index (χ1v) is 11.8. The number of aliphatic imine (C=N–C) groups is 1. The number of benzene rings is 1. The van der Waals surface area contributed by atoms with Crippen molar-refractivity contribution >= 4 is 28.5 Å². The molecule has 0 radical (unpaired) electrons. The Morgan fingerprint density at radius 1 is 1.35 bits per heavy atom. The fourth-order valence-corrected chi connectivity index (χ4v) is 5.87. The van der Waals surface area contributed by atoms with Crippen molar-refractivity contribution in [2.24, 2.45) is 16.6 Å². The number of ether oxygens (including phenoxy) is 1. The molecule has 0 bridgehead atoms. The van der Waals surface area contributed by atoms with Crippen LogP contribution in [-0.4, -0.2) is 37.2 Å². The molecule has 3 heterocycles. The summed E-state index contributed by atoms with van der Waals surface area (Å²) in [6.45, 7) is 2.96. The summed E-state index contributed by atoms with van der Waals surface area (Å²) in [5.74, 6) is -3.60. The van der Waals surface area contributed by atoms with Crippen LogP contribution in [0, 0.1) is 24.5 Å². The van der Waals surface area contributed by atoms with Gasteiger partial charge in [0.1, 0.15) is 12.0 Å². The van der Waals surface area contributed by atoms with Crippen molar-refractivity contribution in [1.82, 2.24) is 15.0 Å². The molecule has 0 spiro atoms. The Kier molecular flexibility index (Phi) is 6.09. The minimum Gasteiger partial charge on any atom is -0.467 e. The van der Waals surface area contributed by atoms with Gasteiger partial charge in [-0.2, -0.15) is 0 Å². The lowest BCUT2D eigenvalue weighted by Crippen LogP contribution is -2.39. The van der Waals surface area contributed by atoms with Crippen molar-refractivity contribution < 1.29 is 31.5 Å². The molecule has 2 aromatic heterocycles. The third kappa shape index (κ3) is 4.38. The lowest BCUT2D eigenvalue weighted by atomic mass is 9.85. The molecule has 1 amide bonds. The number of nitrogens with zero attached hydrogens (tertiary/aromatic N) is 4. The Hall–Kier alpha value is -3.68. The van der Waals surface area contributed by atoms with E-state index in [0.29, 0.717) is 5.89 Å². The predicted octanol–water partition coefficient (Wildman–Crippen LogP) is 4.18. The molecule has 0 saturated heterocycles. The Bertz CT molecular complexity index is 1410. The fourth-order valence-electron chi connectivity index (χ4n) is 4.54. The highest BCUT2D eigenvalue weighted by Gasteiger charge is 2.71. The zero-order valence-corrected chi connectivity index (χ0v) is 20.3. The highest BCUT2D eigenvalue weighted by atomic mass is 32.2. The molecule has 1 aromatic carbocycles. The summed E-state index contributed by atoms with van der Waals surface area (Å²) < 4.78 is 66.2. The monoisotopic (exact) mass is 536 g/mol. The normalized spacial score (nSPS) is 24.4. The van der Waals surface area contributed by atoms with Crippen LogP contribution in [0.4, 0.5) is 23.2 Å². The maximum Gasteiger partial charge on any atom is 0.276 e. The lowest BCUT2D eigenvalue weighted by molar-refractivity contribution is 0.102. The van der Waals surface area contributed by atoms with Crippen LogP contribution in [-0.2, 0) is 12.1 Å². The summed E-state index contributed by atoms with van der Waals surface area (Å²) in [7, 11) is 0. The molecule has 3 aromatic rings. The highest BCUT2D eigenvalue weighted by Crippen LogP contribution is 2.68. The van der Waals surface area contributed by atoms with E-state index >= 15 is 0 Å². The van der Waals surface area contributed by atoms with Gasteiger partial charge < -0.3 is 20.2 Å². The van der Waals surface area contributed by atoms with Crippen LogP contribution in [0.3, 0.4) is 0 Å². The predicted molar refractivity (Wildman–Crippen MR) is 125 cm³/mol. The third-order valence-corrected chi connectivity index (χ3v) is 7.75. The van der Waals surface area contributed by atoms with E-state index in [4.69, 9.17) is 14.9 Å². The topological polar surface area (TPSA) is 129 Å². The van der Waals surface area contributed by atoms with Crippen molar-refractivity contribution in [3.8, 4) is 5.88 Å². The van der Waals surface area contributed by atoms with Crippen molar-refractivity contribution in [1.29, 1.82) is 0 Å². The van der Waals surface area contributed by atoms with Crippen LogP contribution in [0.5, 0.6) is 5.88 Å². The number of alkyl halides is 2. The summed E-state index contributed by atoms with van der Waals surface area (Å²) in [6.07, 6.45) is 1.38. The van der Waals surface area contributed by atoms with Crippen molar-refractivity contribution in [3.63, 3.8) is 0 Å². The Balaban J connectivity index is 1.39. The molecule has 0 unspecified atom stereocenters. The molecule has 1 saturated carbocycles. The summed E-state index contributed by atoms with van der Waals surface area (Å²) in [5, 5.41) is 2.33. The molecule has 1 aliphatic carbocycles. The Morgan fingerprint density at radius 3 is 2.81 bits per heavy atom. The van der Waals surface area contributed by atoms with E-state index < -0.39 is 40.2 Å².